The largest absolute Gasteiger partial charge is 0.352 e. The summed E-state index contributed by atoms with van der Waals surface area (Å²) < 4.78 is 30.0. The third-order valence-electron chi connectivity index (χ3n) is 4.46. The normalized spacial score (nSPS) is 23.5. The van der Waals surface area contributed by atoms with Crippen molar-refractivity contribution in [1.29, 1.82) is 0 Å². The van der Waals surface area contributed by atoms with Crippen molar-refractivity contribution in [3.05, 3.63) is 37.6 Å². The number of H-pyrrole nitrogens is 1. The molecule has 1 aliphatic rings. The smallest absolute Gasteiger partial charge is 0.330 e. The zero-order valence-corrected chi connectivity index (χ0v) is 20.4. The van der Waals surface area contributed by atoms with Gasteiger partial charge in [0.15, 0.2) is 12.6 Å². The first-order valence-corrected chi connectivity index (χ1v) is 11.9. The summed E-state index contributed by atoms with van der Waals surface area (Å²) >= 11 is 15.0. The van der Waals surface area contributed by atoms with Crippen LogP contribution >= 0.6 is 39.1 Å². The molecule has 176 valence electrons. The summed E-state index contributed by atoms with van der Waals surface area (Å²) in [7, 11) is 0. The standard InChI is InChI=1S/C19H27BrCl2N2O7/c1-3-27-16(8-21)29-11-14-13(31-17(9-22)28-4-2)7-15(30-14)24-10-12(5-6-20)18(25)23-19(24)26/h5-6,10,13-17H,3-4,7-9,11H2,1-2H3,(H,23,25,26)/b6-5+/t13-,14+,15+,16?,17?/m0/s1. The SMILES string of the molecule is CCOC(CCl)OC[C@H]1O[C@@H](n2cc(/C=C/Br)c(=O)[nH]c2=O)C[C@@H]1OC(CCl)OCC. The van der Waals surface area contributed by atoms with Crippen LogP contribution < -0.4 is 11.2 Å². The monoisotopic (exact) mass is 544 g/mol. The maximum absolute atomic E-state index is 12.4. The van der Waals surface area contributed by atoms with Crippen LogP contribution in [-0.4, -0.2) is 65.9 Å². The van der Waals surface area contributed by atoms with Gasteiger partial charge in [0.05, 0.1) is 30.0 Å². The molecule has 0 amide bonds. The average molecular weight is 546 g/mol. The fraction of sp³-hybridized carbons (Fsp3) is 0.684. The topological polar surface area (TPSA) is 101 Å². The quantitative estimate of drug-likeness (QED) is 0.300. The molecule has 0 saturated carbocycles. The van der Waals surface area contributed by atoms with Crippen molar-refractivity contribution in [2.75, 3.05) is 31.6 Å². The molecule has 31 heavy (non-hydrogen) atoms. The molecule has 1 aliphatic heterocycles. The van der Waals surface area contributed by atoms with E-state index >= 15 is 0 Å². The Hall–Kier alpha value is -0.720. The lowest BCUT2D eigenvalue weighted by Gasteiger charge is -2.25. The molecule has 1 saturated heterocycles. The van der Waals surface area contributed by atoms with Gasteiger partial charge in [0.25, 0.3) is 5.56 Å². The number of aromatic amines is 1. The van der Waals surface area contributed by atoms with Crippen molar-refractivity contribution in [1.82, 2.24) is 9.55 Å². The van der Waals surface area contributed by atoms with Crippen molar-refractivity contribution in [2.45, 2.75) is 51.3 Å². The van der Waals surface area contributed by atoms with Gasteiger partial charge in [0.2, 0.25) is 0 Å². The summed E-state index contributed by atoms with van der Waals surface area (Å²) in [6, 6.07) is 0. The highest BCUT2D eigenvalue weighted by Gasteiger charge is 2.39. The van der Waals surface area contributed by atoms with Gasteiger partial charge in [0.1, 0.15) is 12.3 Å². The second kappa shape index (κ2) is 13.7. The third kappa shape index (κ3) is 7.68. The van der Waals surface area contributed by atoms with Crippen LogP contribution in [0.25, 0.3) is 6.08 Å². The Labute approximate surface area is 198 Å². The van der Waals surface area contributed by atoms with Gasteiger partial charge in [-0.2, -0.15) is 0 Å². The van der Waals surface area contributed by atoms with Crippen molar-refractivity contribution >= 4 is 45.2 Å². The van der Waals surface area contributed by atoms with Gasteiger partial charge < -0.3 is 23.7 Å². The Morgan fingerprint density at radius 1 is 1.23 bits per heavy atom. The second-order valence-electron chi connectivity index (χ2n) is 6.49. The van der Waals surface area contributed by atoms with Crippen LogP contribution in [0.2, 0.25) is 0 Å². The molecule has 2 unspecified atom stereocenters. The molecule has 0 bridgehead atoms. The van der Waals surface area contributed by atoms with Crippen molar-refractivity contribution in [2.24, 2.45) is 0 Å². The van der Waals surface area contributed by atoms with Crippen molar-refractivity contribution < 1.29 is 23.7 Å². The number of hydrogen-bond acceptors (Lipinski definition) is 7. The molecule has 2 rings (SSSR count). The molecular weight excluding hydrogens is 519 g/mol. The molecule has 1 N–H and O–H groups in total. The molecule has 12 heteroatoms. The Balaban J connectivity index is 2.24. The lowest BCUT2D eigenvalue weighted by molar-refractivity contribution is -0.191. The number of hydrogen-bond donors (Lipinski definition) is 1. The molecule has 5 atom stereocenters. The van der Waals surface area contributed by atoms with Crippen LogP contribution in [0.15, 0.2) is 20.8 Å². The third-order valence-corrected chi connectivity index (χ3v) is 5.23. The van der Waals surface area contributed by atoms with Gasteiger partial charge in [-0.15, -0.1) is 23.2 Å². The predicted octanol–water partition coefficient (Wildman–Crippen LogP) is 2.79. The van der Waals surface area contributed by atoms with Gasteiger partial charge >= 0.3 is 5.69 Å². The average Bonchev–Trinajstić information content (AvgIpc) is 3.15. The fourth-order valence-corrected chi connectivity index (χ4v) is 3.72. The molecule has 0 spiro atoms. The number of nitrogens with zero attached hydrogens (tertiary/aromatic N) is 1. The highest BCUT2D eigenvalue weighted by atomic mass is 79.9. The van der Waals surface area contributed by atoms with Gasteiger partial charge in [-0.1, -0.05) is 15.9 Å². The zero-order valence-electron chi connectivity index (χ0n) is 17.3. The Morgan fingerprint density at radius 3 is 2.52 bits per heavy atom. The minimum Gasteiger partial charge on any atom is -0.352 e. The Morgan fingerprint density at radius 2 is 1.90 bits per heavy atom. The van der Waals surface area contributed by atoms with E-state index in [2.05, 4.69) is 20.9 Å². The first kappa shape index (κ1) is 26.5. The lowest BCUT2D eigenvalue weighted by atomic mass is 10.2. The summed E-state index contributed by atoms with van der Waals surface area (Å²) in [5.41, 5.74) is -0.791. The minimum absolute atomic E-state index is 0.117. The summed E-state index contributed by atoms with van der Waals surface area (Å²) in [6.07, 6.45) is 0.330. The van der Waals surface area contributed by atoms with Crippen LogP contribution in [0, 0.1) is 0 Å². The molecule has 0 radical (unpaired) electrons. The van der Waals surface area contributed by atoms with E-state index in [0.29, 0.717) is 25.2 Å². The highest BCUT2D eigenvalue weighted by molar-refractivity contribution is 9.11. The van der Waals surface area contributed by atoms with Gasteiger partial charge in [0, 0.05) is 25.8 Å². The summed E-state index contributed by atoms with van der Waals surface area (Å²) in [5.74, 6) is 0.283. The number of halogens is 3. The van der Waals surface area contributed by atoms with Crippen LogP contribution in [0.3, 0.4) is 0 Å². The molecular formula is C19H27BrCl2N2O7. The summed E-state index contributed by atoms with van der Waals surface area (Å²) in [4.78, 5) is 28.2. The predicted molar refractivity (Wildman–Crippen MR) is 121 cm³/mol. The zero-order chi connectivity index (χ0) is 22.8. The first-order valence-electron chi connectivity index (χ1n) is 9.87. The Kier molecular flexibility index (Phi) is 11.8. The maximum atomic E-state index is 12.4. The van der Waals surface area contributed by atoms with E-state index in [1.807, 2.05) is 13.8 Å². The van der Waals surface area contributed by atoms with E-state index < -0.39 is 42.3 Å². The molecule has 9 nitrogen and oxygen atoms in total. The number of nitrogens with one attached hydrogen (secondary N) is 1. The van der Waals surface area contributed by atoms with Gasteiger partial charge in [-0.05, 0) is 24.9 Å². The van der Waals surface area contributed by atoms with Crippen LogP contribution in [-0.2, 0) is 23.7 Å². The van der Waals surface area contributed by atoms with E-state index in [-0.39, 0.29) is 18.4 Å². The first-order chi connectivity index (χ1) is 15.0. The Bertz CT molecular complexity index is 819. The van der Waals surface area contributed by atoms with Crippen LogP contribution in [0.1, 0.15) is 32.1 Å². The lowest BCUT2D eigenvalue weighted by Crippen LogP contribution is -2.36. The summed E-state index contributed by atoms with van der Waals surface area (Å²) in [6.45, 7) is 4.66. The second-order valence-corrected chi connectivity index (χ2v) is 7.64. The highest BCUT2D eigenvalue weighted by Crippen LogP contribution is 2.31. The molecule has 1 aromatic heterocycles. The number of rotatable bonds is 13. The fourth-order valence-electron chi connectivity index (χ4n) is 3.09. The van der Waals surface area contributed by atoms with Crippen molar-refractivity contribution in [3.8, 4) is 0 Å². The van der Waals surface area contributed by atoms with Crippen LogP contribution in [0.4, 0.5) is 0 Å². The van der Waals surface area contributed by atoms with Gasteiger partial charge in [-0.3, -0.25) is 14.3 Å². The maximum Gasteiger partial charge on any atom is 0.330 e. The van der Waals surface area contributed by atoms with Gasteiger partial charge in [-0.25, -0.2) is 4.79 Å². The minimum atomic E-state index is -0.690. The van der Waals surface area contributed by atoms with E-state index in [0.717, 1.165) is 0 Å². The van der Waals surface area contributed by atoms with E-state index in [9.17, 15) is 9.59 Å². The van der Waals surface area contributed by atoms with Crippen molar-refractivity contribution in [3.63, 3.8) is 0 Å². The van der Waals surface area contributed by atoms with E-state index in [1.165, 1.54) is 21.8 Å². The van der Waals surface area contributed by atoms with E-state index in [1.54, 1.807) is 0 Å². The molecule has 2 heterocycles. The molecule has 1 aromatic rings. The molecule has 0 aromatic carbocycles. The number of alkyl halides is 2. The van der Waals surface area contributed by atoms with Crippen LogP contribution in [0.5, 0.6) is 0 Å². The summed E-state index contributed by atoms with van der Waals surface area (Å²) in [5, 5.41) is 0. The number of ether oxygens (including phenoxy) is 5. The molecule has 0 aliphatic carbocycles. The van der Waals surface area contributed by atoms with E-state index in [4.69, 9.17) is 46.9 Å². The number of aromatic nitrogens is 2. The molecule has 1 fully saturated rings.